The second-order valence-electron chi connectivity index (χ2n) is 6.37. The Morgan fingerprint density at radius 1 is 0.824 bits per heavy atom. The molecule has 0 heterocycles. The summed E-state index contributed by atoms with van der Waals surface area (Å²) in [7, 11) is 6.76. The monoisotopic (exact) mass is 244 g/mol. The van der Waals surface area contributed by atoms with Crippen molar-refractivity contribution in [3.05, 3.63) is 0 Å². The smallest absolute Gasteiger partial charge is 0.0780 e. The van der Waals surface area contributed by atoms with E-state index in [1.165, 1.54) is 51.5 Å². The zero-order valence-corrected chi connectivity index (χ0v) is 12.5. The average Bonchev–Trinajstić information content (AvgIpc) is 2.23. The van der Waals surface area contributed by atoms with E-state index in [0.717, 1.165) is 17.3 Å². The van der Waals surface area contributed by atoms with Gasteiger partial charge in [0.25, 0.3) is 0 Å². The lowest BCUT2D eigenvalue weighted by atomic mass is 10.0. The summed E-state index contributed by atoms with van der Waals surface area (Å²) in [6.45, 7) is 3.46. The lowest BCUT2D eigenvalue weighted by Gasteiger charge is -2.23. The third-order valence-corrected chi connectivity index (χ3v) is 3.26. The molecular formula is C15H34NO+. The maximum absolute atomic E-state index is 9.69. The van der Waals surface area contributed by atoms with Crippen LogP contribution >= 0.6 is 0 Å². The van der Waals surface area contributed by atoms with Crippen molar-refractivity contribution in [2.24, 2.45) is 0 Å². The van der Waals surface area contributed by atoms with Gasteiger partial charge in [-0.2, -0.15) is 0 Å². The van der Waals surface area contributed by atoms with Gasteiger partial charge in [0.15, 0.2) is 0 Å². The molecule has 0 spiro atoms. The molecule has 104 valence electrons. The zero-order valence-electron chi connectivity index (χ0n) is 12.5. The molecule has 0 bridgehead atoms. The summed E-state index contributed by atoms with van der Waals surface area (Å²) >= 11 is 0. The second kappa shape index (κ2) is 9.90. The molecule has 0 aromatic rings. The normalized spacial score (nSPS) is 13.9. The van der Waals surface area contributed by atoms with Crippen LogP contribution in [0.4, 0.5) is 0 Å². The third kappa shape index (κ3) is 13.9. The van der Waals surface area contributed by atoms with Crippen molar-refractivity contribution >= 4 is 0 Å². The Morgan fingerprint density at radius 2 is 1.35 bits per heavy atom. The summed E-state index contributed by atoms with van der Waals surface area (Å²) in [4.78, 5) is 0. The Hall–Kier alpha value is -0.0800. The Labute approximate surface area is 109 Å². The number of hydrogen-bond donors (Lipinski definition) is 1. The van der Waals surface area contributed by atoms with Crippen LogP contribution in [0.1, 0.15) is 64.7 Å². The van der Waals surface area contributed by atoms with Crippen molar-refractivity contribution in [2.45, 2.75) is 70.8 Å². The highest BCUT2D eigenvalue weighted by molar-refractivity contribution is 4.56. The molecule has 1 unspecified atom stereocenters. The lowest BCUT2D eigenvalue weighted by Crippen LogP contribution is -2.35. The molecule has 0 amide bonds. The van der Waals surface area contributed by atoms with Crippen LogP contribution in [0.15, 0.2) is 0 Å². The highest BCUT2D eigenvalue weighted by Gasteiger charge is 2.06. The number of rotatable bonds is 11. The van der Waals surface area contributed by atoms with Gasteiger partial charge in [0.2, 0.25) is 0 Å². The number of hydrogen-bond acceptors (Lipinski definition) is 1. The highest BCUT2D eigenvalue weighted by Crippen LogP contribution is 2.11. The van der Waals surface area contributed by atoms with Crippen LogP contribution in [0, 0.1) is 0 Å². The largest absolute Gasteiger partial charge is 0.393 e. The highest BCUT2D eigenvalue weighted by atomic mass is 16.3. The molecule has 0 aliphatic rings. The van der Waals surface area contributed by atoms with Gasteiger partial charge in [-0.25, -0.2) is 0 Å². The topological polar surface area (TPSA) is 20.2 Å². The van der Waals surface area contributed by atoms with Crippen LogP contribution in [-0.4, -0.2) is 43.4 Å². The summed E-state index contributed by atoms with van der Waals surface area (Å²) in [5.41, 5.74) is 0. The summed E-state index contributed by atoms with van der Waals surface area (Å²) < 4.78 is 1.08. The van der Waals surface area contributed by atoms with Gasteiger partial charge in [-0.15, -0.1) is 0 Å². The Morgan fingerprint density at radius 3 is 1.94 bits per heavy atom. The molecule has 1 N–H and O–H groups in total. The molecule has 0 aromatic heterocycles. The Bertz CT molecular complexity index is 163. The fourth-order valence-corrected chi connectivity index (χ4v) is 2.08. The first-order valence-corrected chi connectivity index (χ1v) is 7.44. The number of quaternary nitrogens is 1. The summed E-state index contributed by atoms with van der Waals surface area (Å²) in [5, 5.41) is 9.69. The predicted molar refractivity (Wildman–Crippen MR) is 76.1 cm³/mol. The number of nitrogens with zero attached hydrogens (tertiary/aromatic N) is 1. The van der Waals surface area contributed by atoms with Gasteiger partial charge in [-0.05, 0) is 25.7 Å². The second-order valence-corrected chi connectivity index (χ2v) is 6.37. The van der Waals surface area contributed by atoms with E-state index in [0.29, 0.717) is 0 Å². The van der Waals surface area contributed by atoms with Crippen LogP contribution in [-0.2, 0) is 0 Å². The maximum atomic E-state index is 9.69. The first kappa shape index (κ1) is 16.9. The standard InChI is InChI=1S/C15H34NO/c1-5-6-12-15(17)13-10-8-7-9-11-14-16(2,3)4/h15,17H,5-14H2,1-4H3/q+1. The minimum Gasteiger partial charge on any atom is -0.393 e. The zero-order chi connectivity index (χ0) is 13.1. The molecular weight excluding hydrogens is 210 g/mol. The summed E-state index contributed by atoms with van der Waals surface area (Å²) in [6.07, 6.45) is 10.8. The van der Waals surface area contributed by atoms with Crippen molar-refractivity contribution in [2.75, 3.05) is 27.7 Å². The number of aliphatic hydroxyl groups excluding tert-OH is 1. The Kier molecular flexibility index (Phi) is 9.85. The van der Waals surface area contributed by atoms with Gasteiger partial charge in [-0.1, -0.05) is 39.0 Å². The molecule has 0 aliphatic heterocycles. The fraction of sp³-hybridized carbons (Fsp3) is 1.00. The summed E-state index contributed by atoms with van der Waals surface area (Å²) in [5.74, 6) is 0. The number of aliphatic hydroxyl groups is 1. The van der Waals surface area contributed by atoms with E-state index in [-0.39, 0.29) is 6.10 Å². The quantitative estimate of drug-likeness (QED) is 0.435. The van der Waals surface area contributed by atoms with Crippen molar-refractivity contribution in [1.29, 1.82) is 0 Å². The van der Waals surface area contributed by atoms with E-state index < -0.39 is 0 Å². The summed E-state index contributed by atoms with van der Waals surface area (Å²) in [6, 6.07) is 0. The van der Waals surface area contributed by atoms with Gasteiger partial charge in [0.05, 0.1) is 33.8 Å². The molecule has 0 aromatic carbocycles. The number of unbranched alkanes of at least 4 members (excludes halogenated alkanes) is 5. The minimum absolute atomic E-state index is 0.0406. The van der Waals surface area contributed by atoms with E-state index in [9.17, 15) is 5.11 Å². The van der Waals surface area contributed by atoms with Crippen molar-refractivity contribution < 1.29 is 9.59 Å². The van der Waals surface area contributed by atoms with E-state index in [1.807, 2.05) is 0 Å². The molecule has 0 radical (unpaired) electrons. The first-order valence-electron chi connectivity index (χ1n) is 7.44. The van der Waals surface area contributed by atoms with Crippen LogP contribution in [0.2, 0.25) is 0 Å². The lowest BCUT2D eigenvalue weighted by molar-refractivity contribution is -0.870. The van der Waals surface area contributed by atoms with Crippen molar-refractivity contribution in [3.8, 4) is 0 Å². The molecule has 1 atom stereocenters. The average molecular weight is 244 g/mol. The molecule has 2 nitrogen and oxygen atoms in total. The molecule has 0 aliphatic carbocycles. The van der Waals surface area contributed by atoms with Gasteiger partial charge in [0.1, 0.15) is 0 Å². The van der Waals surface area contributed by atoms with Crippen molar-refractivity contribution in [3.63, 3.8) is 0 Å². The van der Waals surface area contributed by atoms with Gasteiger partial charge in [-0.3, -0.25) is 0 Å². The predicted octanol–water partition coefficient (Wildman–Crippen LogP) is 3.58. The van der Waals surface area contributed by atoms with E-state index in [4.69, 9.17) is 0 Å². The van der Waals surface area contributed by atoms with E-state index >= 15 is 0 Å². The molecule has 0 fully saturated rings. The molecule has 0 rings (SSSR count). The molecule has 0 saturated carbocycles. The Balaban J connectivity index is 3.18. The van der Waals surface area contributed by atoms with Gasteiger partial charge in [0, 0.05) is 0 Å². The van der Waals surface area contributed by atoms with Crippen LogP contribution in [0.5, 0.6) is 0 Å². The van der Waals surface area contributed by atoms with Crippen molar-refractivity contribution in [1.82, 2.24) is 0 Å². The van der Waals surface area contributed by atoms with Crippen LogP contribution in [0.3, 0.4) is 0 Å². The molecule has 17 heavy (non-hydrogen) atoms. The van der Waals surface area contributed by atoms with Gasteiger partial charge >= 0.3 is 0 Å². The maximum Gasteiger partial charge on any atom is 0.0780 e. The first-order chi connectivity index (χ1) is 7.95. The SMILES string of the molecule is CCCCC(O)CCCCCCC[N+](C)(C)C. The van der Waals surface area contributed by atoms with Gasteiger partial charge < -0.3 is 9.59 Å². The van der Waals surface area contributed by atoms with E-state index in [2.05, 4.69) is 28.1 Å². The van der Waals surface area contributed by atoms with E-state index in [1.54, 1.807) is 0 Å². The molecule has 0 saturated heterocycles. The van der Waals surface area contributed by atoms with Crippen LogP contribution in [0.25, 0.3) is 0 Å². The minimum atomic E-state index is -0.0406. The molecule has 2 heteroatoms. The fourth-order valence-electron chi connectivity index (χ4n) is 2.08. The third-order valence-electron chi connectivity index (χ3n) is 3.26. The van der Waals surface area contributed by atoms with Crippen LogP contribution < -0.4 is 0 Å².